The van der Waals surface area contributed by atoms with Crippen LogP contribution in [0.2, 0.25) is 0 Å². The van der Waals surface area contributed by atoms with Crippen LogP contribution in [0.25, 0.3) is 0 Å². The molecule has 1 nitrogen and oxygen atoms in total. The molecule has 1 heteroatoms. The lowest BCUT2D eigenvalue weighted by Crippen LogP contribution is -2.46. The summed E-state index contributed by atoms with van der Waals surface area (Å²) in [6.45, 7) is 4.66. The van der Waals surface area contributed by atoms with E-state index < -0.39 is 0 Å². The fourth-order valence-electron chi connectivity index (χ4n) is 2.17. The van der Waals surface area contributed by atoms with Gasteiger partial charge in [0, 0.05) is 0 Å². The zero-order valence-electron chi connectivity index (χ0n) is 6.84. The highest BCUT2D eigenvalue weighted by Gasteiger charge is 2.39. The third kappa shape index (κ3) is 0.968. The van der Waals surface area contributed by atoms with Crippen molar-refractivity contribution in [1.29, 1.82) is 0 Å². The lowest BCUT2D eigenvalue weighted by Gasteiger charge is -2.46. The fourth-order valence-corrected chi connectivity index (χ4v) is 2.17. The van der Waals surface area contributed by atoms with Gasteiger partial charge in [0.15, 0.2) is 0 Å². The van der Waals surface area contributed by atoms with E-state index in [4.69, 9.17) is 4.74 Å². The van der Waals surface area contributed by atoms with Gasteiger partial charge >= 0.3 is 0 Å². The largest absolute Gasteiger partial charge is 0.375 e. The minimum atomic E-state index is 0.645. The second kappa shape index (κ2) is 2.23. The van der Waals surface area contributed by atoms with E-state index in [9.17, 15) is 0 Å². The zero-order chi connectivity index (χ0) is 7.14. The predicted molar refractivity (Wildman–Crippen MR) is 40.8 cm³/mol. The minimum Gasteiger partial charge on any atom is -0.375 e. The SMILES string of the molecule is CC(C)C1CC2C[C@@H](C1)O2. The van der Waals surface area contributed by atoms with Gasteiger partial charge in [-0.25, -0.2) is 0 Å². The maximum atomic E-state index is 5.56. The summed E-state index contributed by atoms with van der Waals surface area (Å²) in [6.07, 6.45) is 5.29. The maximum absolute atomic E-state index is 5.56. The Morgan fingerprint density at radius 3 is 1.90 bits per heavy atom. The molecule has 2 bridgehead atoms. The normalized spacial score (nSPS) is 45.3. The van der Waals surface area contributed by atoms with E-state index >= 15 is 0 Å². The zero-order valence-corrected chi connectivity index (χ0v) is 6.84. The van der Waals surface area contributed by atoms with Gasteiger partial charge in [0.2, 0.25) is 0 Å². The number of fused-ring (bicyclic) bond motifs is 2. The molecule has 3 fully saturated rings. The first-order chi connectivity index (χ1) is 4.75. The highest BCUT2D eigenvalue weighted by atomic mass is 16.5. The van der Waals surface area contributed by atoms with E-state index in [1.165, 1.54) is 19.3 Å². The van der Waals surface area contributed by atoms with Gasteiger partial charge in [0.1, 0.15) is 0 Å². The molecule has 1 saturated carbocycles. The Bertz CT molecular complexity index is 115. The average molecular weight is 140 g/mol. The van der Waals surface area contributed by atoms with Crippen LogP contribution < -0.4 is 0 Å². The highest BCUT2D eigenvalue weighted by molar-refractivity contribution is 4.89. The van der Waals surface area contributed by atoms with Crippen molar-refractivity contribution in [3.05, 3.63) is 0 Å². The van der Waals surface area contributed by atoms with E-state index in [0.29, 0.717) is 12.2 Å². The van der Waals surface area contributed by atoms with E-state index in [1.807, 2.05) is 0 Å². The molecule has 2 unspecified atom stereocenters. The van der Waals surface area contributed by atoms with Crippen LogP contribution in [0.3, 0.4) is 0 Å². The van der Waals surface area contributed by atoms with Crippen molar-refractivity contribution >= 4 is 0 Å². The molecule has 3 aliphatic rings. The Kier molecular flexibility index (Phi) is 1.48. The third-order valence-corrected chi connectivity index (χ3v) is 2.98. The van der Waals surface area contributed by atoms with Gasteiger partial charge in [-0.15, -0.1) is 0 Å². The summed E-state index contributed by atoms with van der Waals surface area (Å²) < 4.78 is 5.56. The van der Waals surface area contributed by atoms with Crippen LogP contribution in [0.5, 0.6) is 0 Å². The van der Waals surface area contributed by atoms with Crippen molar-refractivity contribution in [3.63, 3.8) is 0 Å². The molecule has 3 rings (SSSR count). The number of hydrogen-bond acceptors (Lipinski definition) is 1. The smallest absolute Gasteiger partial charge is 0.0606 e. The molecule has 0 amide bonds. The summed E-state index contributed by atoms with van der Waals surface area (Å²) in [5.41, 5.74) is 0. The molecular formula is C9H16O. The van der Waals surface area contributed by atoms with E-state index in [-0.39, 0.29) is 0 Å². The Balaban J connectivity index is 1.91. The van der Waals surface area contributed by atoms with Gasteiger partial charge in [-0.05, 0) is 31.1 Å². The van der Waals surface area contributed by atoms with Crippen molar-refractivity contribution in [3.8, 4) is 0 Å². The van der Waals surface area contributed by atoms with Crippen molar-refractivity contribution in [1.82, 2.24) is 0 Å². The molecule has 0 aromatic carbocycles. The summed E-state index contributed by atoms with van der Waals surface area (Å²) >= 11 is 0. The summed E-state index contributed by atoms with van der Waals surface area (Å²) in [4.78, 5) is 0. The van der Waals surface area contributed by atoms with Crippen LogP contribution in [-0.4, -0.2) is 12.2 Å². The van der Waals surface area contributed by atoms with Crippen molar-refractivity contribution < 1.29 is 4.74 Å². The number of hydrogen-bond donors (Lipinski definition) is 0. The predicted octanol–water partition coefficient (Wildman–Crippen LogP) is 2.21. The van der Waals surface area contributed by atoms with E-state index in [1.54, 1.807) is 0 Å². The van der Waals surface area contributed by atoms with E-state index in [2.05, 4.69) is 13.8 Å². The van der Waals surface area contributed by atoms with Crippen LogP contribution in [-0.2, 0) is 4.74 Å². The topological polar surface area (TPSA) is 9.23 Å². The standard InChI is InChI=1S/C9H16O/c1-6(2)7-3-8-5-9(4-7)10-8/h6-9H,3-5H2,1-2H3/t7?,8-,9?/m1/s1. The molecule has 0 spiro atoms. The van der Waals surface area contributed by atoms with E-state index in [0.717, 1.165) is 11.8 Å². The molecule has 10 heavy (non-hydrogen) atoms. The molecule has 2 heterocycles. The lowest BCUT2D eigenvalue weighted by atomic mass is 9.75. The Morgan fingerprint density at radius 2 is 1.60 bits per heavy atom. The Morgan fingerprint density at radius 1 is 1.10 bits per heavy atom. The van der Waals surface area contributed by atoms with Crippen molar-refractivity contribution in [2.24, 2.45) is 11.8 Å². The van der Waals surface area contributed by atoms with Gasteiger partial charge in [-0.2, -0.15) is 0 Å². The van der Waals surface area contributed by atoms with Gasteiger partial charge in [-0.1, -0.05) is 13.8 Å². The summed E-state index contributed by atoms with van der Waals surface area (Å²) in [5, 5.41) is 0. The number of ether oxygens (including phenoxy) is 1. The second-order valence-electron chi connectivity index (χ2n) is 4.09. The molecular weight excluding hydrogens is 124 g/mol. The lowest BCUT2D eigenvalue weighted by molar-refractivity contribution is -0.178. The van der Waals surface area contributed by atoms with Gasteiger partial charge in [0.05, 0.1) is 12.2 Å². The summed E-state index contributed by atoms with van der Waals surface area (Å²) in [5.74, 6) is 1.83. The van der Waals surface area contributed by atoms with Gasteiger partial charge in [-0.3, -0.25) is 0 Å². The molecule has 3 atom stereocenters. The Hall–Kier alpha value is -0.0400. The molecule has 2 saturated heterocycles. The van der Waals surface area contributed by atoms with Crippen molar-refractivity contribution in [2.75, 3.05) is 0 Å². The second-order valence-corrected chi connectivity index (χ2v) is 4.09. The average Bonchev–Trinajstić information content (AvgIpc) is 1.86. The van der Waals surface area contributed by atoms with Crippen LogP contribution in [0.4, 0.5) is 0 Å². The van der Waals surface area contributed by atoms with Crippen LogP contribution in [0.15, 0.2) is 0 Å². The monoisotopic (exact) mass is 140 g/mol. The molecule has 0 radical (unpaired) electrons. The maximum Gasteiger partial charge on any atom is 0.0606 e. The first-order valence-corrected chi connectivity index (χ1v) is 4.41. The molecule has 0 N–H and O–H groups in total. The van der Waals surface area contributed by atoms with Crippen molar-refractivity contribution in [2.45, 2.75) is 45.3 Å². The fraction of sp³-hybridized carbons (Fsp3) is 1.00. The minimum absolute atomic E-state index is 0.645. The van der Waals surface area contributed by atoms with Crippen LogP contribution in [0.1, 0.15) is 33.1 Å². The molecule has 58 valence electrons. The number of rotatable bonds is 1. The summed E-state index contributed by atoms with van der Waals surface area (Å²) in [6, 6.07) is 0. The van der Waals surface area contributed by atoms with Gasteiger partial charge < -0.3 is 4.74 Å². The van der Waals surface area contributed by atoms with Gasteiger partial charge in [0.25, 0.3) is 0 Å². The van der Waals surface area contributed by atoms with Crippen LogP contribution >= 0.6 is 0 Å². The molecule has 2 aliphatic heterocycles. The highest BCUT2D eigenvalue weighted by Crippen LogP contribution is 2.40. The van der Waals surface area contributed by atoms with Crippen LogP contribution in [0, 0.1) is 11.8 Å². The Labute approximate surface area is 62.8 Å². The third-order valence-electron chi connectivity index (χ3n) is 2.98. The molecule has 0 aromatic heterocycles. The molecule has 1 aliphatic carbocycles. The first kappa shape index (κ1) is 6.66. The quantitative estimate of drug-likeness (QED) is 0.542. The summed E-state index contributed by atoms with van der Waals surface area (Å²) in [7, 11) is 0. The molecule has 0 aromatic rings. The first-order valence-electron chi connectivity index (χ1n) is 4.41.